The molecule has 2 fully saturated rings. The van der Waals surface area contributed by atoms with E-state index < -0.39 is 5.41 Å². The Balaban J connectivity index is 1.31. The lowest BCUT2D eigenvalue weighted by atomic mass is 9.81. The van der Waals surface area contributed by atoms with Crippen molar-refractivity contribution in [2.45, 2.75) is 65.8 Å². The number of aromatic nitrogens is 2. The van der Waals surface area contributed by atoms with Crippen molar-refractivity contribution in [2.75, 3.05) is 32.8 Å². The third-order valence-corrected chi connectivity index (χ3v) is 8.65. The zero-order valence-corrected chi connectivity index (χ0v) is 24.5. The number of carbonyl (C=O) groups excluding carboxylic acids is 1. The number of aryl methyl sites for hydroxylation is 2. The number of rotatable bonds is 12. The van der Waals surface area contributed by atoms with Gasteiger partial charge in [-0.3, -0.25) is 14.8 Å². The number of benzene rings is 2. The summed E-state index contributed by atoms with van der Waals surface area (Å²) in [7, 11) is 0. The normalized spacial score (nSPS) is 21.1. The van der Waals surface area contributed by atoms with E-state index >= 15 is 0 Å². The Hall–Kier alpha value is -3.03. The SMILES string of the molecule is Cc1cc(C)cc(-c2[nH]nc(OCC(C)(C)C(=O)C3C4CCN3CC4)c2[C@H](C)CNCCc2ccc(F)cc2)c1. The molecule has 3 aromatic rings. The number of hydrogen-bond donors (Lipinski definition) is 2. The van der Waals surface area contributed by atoms with Gasteiger partial charge in [-0.2, -0.15) is 0 Å². The van der Waals surface area contributed by atoms with Crippen LogP contribution in [0, 0.1) is 31.0 Å². The first kappa shape index (κ1) is 28.5. The van der Waals surface area contributed by atoms with Crippen molar-refractivity contribution in [1.82, 2.24) is 20.4 Å². The topological polar surface area (TPSA) is 70.2 Å². The molecule has 6 nitrogen and oxygen atoms in total. The molecule has 214 valence electrons. The molecule has 0 aliphatic carbocycles. The van der Waals surface area contributed by atoms with E-state index in [1.165, 1.54) is 23.3 Å². The summed E-state index contributed by atoms with van der Waals surface area (Å²) < 4.78 is 19.6. The lowest BCUT2D eigenvalue weighted by molar-refractivity contribution is -0.133. The number of hydrogen-bond acceptors (Lipinski definition) is 5. The summed E-state index contributed by atoms with van der Waals surface area (Å²) in [5.41, 5.74) is 5.93. The molecule has 2 aliphatic heterocycles. The van der Waals surface area contributed by atoms with Crippen LogP contribution in [0.4, 0.5) is 4.39 Å². The molecule has 3 heterocycles. The molecule has 7 heteroatoms. The summed E-state index contributed by atoms with van der Waals surface area (Å²) in [4.78, 5) is 16.0. The Kier molecular flexibility index (Phi) is 8.43. The second-order valence-corrected chi connectivity index (χ2v) is 12.5. The summed E-state index contributed by atoms with van der Waals surface area (Å²) in [6.07, 6.45) is 3.07. The predicted molar refractivity (Wildman–Crippen MR) is 157 cm³/mol. The standard InChI is InChI=1S/C33H43FN4O2/c1-21-16-22(2)18-26(17-21)29-28(23(3)19-35-13-10-24-6-8-27(34)9-7-24)32(37-36-29)40-20-33(4,5)31(39)30-25-11-14-38(30)15-12-25/h6-9,16-18,23,25,30,35H,10-15,19-20H2,1-5H3,(H,36,37)/t23-,30?/m1/s1. The van der Waals surface area contributed by atoms with Gasteiger partial charge in [0.25, 0.3) is 0 Å². The maximum Gasteiger partial charge on any atom is 0.236 e. The van der Waals surface area contributed by atoms with Gasteiger partial charge in [0.2, 0.25) is 5.88 Å². The van der Waals surface area contributed by atoms with Crippen molar-refractivity contribution in [1.29, 1.82) is 0 Å². The summed E-state index contributed by atoms with van der Waals surface area (Å²) in [5, 5.41) is 11.4. The minimum atomic E-state index is -0.608. The highest BCUT2D eigenvalue weighted by molar-refractivity contribution is 5.90. The highest BCUT2D eigenvalue weighted by Crippen LogP contribution is 2.40. The van der Waals surface area contributed by atoms with Gasteiger partial charge >= 0.3 is 0 Å². The number of ether oxygens (including phenoxy) is 1. The average Bonchev–Trinajstić information content (AvgIpc) is 3.64. The summed E-state index contributed by atoms with van der Waals surface area (Å²) in [6, 6.07) is 13.2. The molecule has 0 amide bonds. The molecular formula is C33H43FN4O2. The van der Waals surface area contributed by atoms with Crippen LogP contribution in [0.1, 0.15) is 61.8 Å². The maximum absolute atomic E-state index is 13.6. The number of H-pyrrole nitrogens is 1. The molecular weight excluding hydrogens is 503 g/mol. The molecule has 0 spiro atoms. The van der Waals surface area contributed by atoms with Crippen LogP contribution in [0.2, 0.25) is 0 Å². The van der Waals surface area contributed by atoms with Crippen LogP contribution in [0.15, 0.2) is 42.5 Å². The molecule has 0 saturated carbocycles. The van der Waals surface area contributed by atoms with Crippen LogP contribution < -0.4 is 10.1 Å². The molecule has 2 saturated heterocycles. The number of Topliss-reactive ketones (excluding diaryl/α,β-unsaturated/α-hetero) is 1. The summed E-state index contributed by atoms with van der Waals surface area (Å²) >= 11 is 0. The van der Waals surface area contributed by atoms with Gasteiger partial charge in [-0.25, -0.2) is 4.39 Å². The number of nitrogens with zero attached hydrogens (tertiary/aromatic N) is 2. The highest BCUT2D eigenvalue weighted by atomic mass is 19.1. The average molecular weight is 547 g/mol. The van der Waals surface area contributed by atoms with Gasteiger partial charge in [0, 0.05) is 23.6 Å². The third-order valence-electron chi connectivity index (χ3n) is 8.65. The molecule has 0 radical (unpaired) electrons. The number of halogens is 1. The minimum Gasteiger partial charge on any atom is -0.475 e. The van der Waals surface area contributed by atoms with Crippen molar-refractivity contribution >= 4 is 5.78 Å². The van der Waals surface area contributed by atoms with E-state index in [1.807, 2.05) is 26.0 Å². The van der Waals surface area contributed by atoms with Crippen molar-refractivity contribution in [3.63, 3.8) is 0 Å². The molecule has 1 unspecified atom stereocenters. The Morgan fingerprint density at radius 1 is 1.15 bits per heavy atom. The summed E-state index contributed by atoms with van der Waals surface area (Å²) in [6.45, 7) is 14.3. The van der Waals surface area contributed by atoms with E-state index in [0.29, 0.717) is 11.8 Å². The fraction of sp³-hybridized carbons (Fsp3) is 0.515. The zero-order chi connectivity index (χ0) is 28.4. The van der Waals surface area contributed by atoms with Crippen LogP contribution in [-0.4, -0.2) is 59.7 Å². The number of nitrogens with one attached hydrogen (secondary N) is 2. The van der Waals surface area contributed by atoms with E-state index in [0.717, 1.165) is 67.8 Å². The Morgan fingerprint density at radius 2 is 1.82 bits per heavy atom. The van der Waals surface area contributed by atoms with Crippen LogP contribution >= 0.6 is 0 Å². The molecule has 40 heavy (non-hydrogen) atoms. The molecule has 5 rings (SSSR count). The van der Waals surface area contributed by atoms with Crippen LogP contribution in [-0.2, 0) is 11.2 Å². The zero-order valence-electron chi connectivity index (χ0n) is 24.5. The van der Waals surface area contributed by atoms with E-state index in [4.69, 9.17) is 4.74 Å². The Morgan fingerprint density at radius 3 is 2.45 bits per heavy atom. The van der Waals surface area contributed by atoms with Crippen molar-refractivity contribution in [2.24, 2.45) is 11.3 Å². The smallest absolute Gasteiger partial charge is 0.236 e. The van der Waals surface area contributed by atoms with Gasteiger partial charge < -0.3 is 10.1 Å². The fourth-order valence-corrected chi connectivity index (χ4v) is 6.46. The molecule has 2 aromatic carbocycles. The van der Waals surface area contributed by atoms with Gasteiger partial charge in [-0.15, -0.1) is 5.10 Å². The first-order valence-electron chi connectivity index (χ1n) is 14.7. The fourth-order valence-electron chi connectivity index (χ4n) is 6.46. The monoisotopic (exact) mass is 546 g/mol. The number of ketones is 1. The molecule has 1 aromatic heterocycles. The van der Waals surface area contributed by atoms with Crippen LogP contribution in [0.5, 0.6) is 5.88 Å². The van der Waals surface area contributed by atoms with Gasteiger partial charge in [-0.05, 0) is 102 Å². The van der Waals surface area contributed by atoms with E-state index in [9.17, 15) is 9.18 Å². The van der Waals surface area contributed by atoms with Crippen LogP contribution in [0.3, 0.4) is 0 Å². The molecule has 2 N–H and O–H groups in total. The van der Waals surface area contributed by atoms with Gasteiger partial charge in [0.05, 0.1) is 17.2 Å². The van der Waals surface area contributed by atoms with E-state index in [2.05, 4.69) is 59.4 Å². The van der Waals surface area contributed by atoms with Gasteiger partial charge in [0.15, 0.2) is 5.78 Å². The lowest BCUT2D eigenvalue weighted by Crippen LogP contribution is -2.44. The lowest BCUT2D eigenvalue weighted by Gasteiger charge is -2.29. The number of fused-ring (bicyclic) bond motifs is 2. The van der Waals surface area contributed by atoms with E-state index in [1.54, 1.807) is 0 Å². The Labute approximate surface area is 237 Å². The second-order valence-electron chi connectivity index (χ2n) is 12.5. The predicted octanol–water partition coefficient (Wildman–Crippen LogP) is 5.84. The number of piperidine rings is 1. The third kappa shape index (κ3) is 6.16. The first-order valence-corrected chi connectivity index (χ1v) is 14.7. The molecule has 2 bridgehead atoms. The van der Waals surface area contributed by atoms with Crippen LogP contribution in [0.25, 0.3) is 11.3 Å². The Bertz CT molecular complexity index is 1290. The largest absolute Gasteiger partial charge is 0.475 e. The molecule has 2 atom stereocenters. The maximum atomic E-state index is 13.6. The summed E-state index contributed by atoms with van der Waals surface area (Å²) in [5.74, 6) is 1.24. The number of aromatic amines is 1. The van der Waals surface area contributed by atoms with E-state index in [-0.39, 0.29) is 30.2 Å². The molecule has 2 aliphatic rings. The number of carbonyl (C=O) groups is 1. The minimum absolute atomic E-state index is 0.0346. The van der Waals surface area contributed by atoms with Crippen molar-refractivity contribution in [3.8, 4) is 17.1 Å². The van der Waals surface area contributed by atoms with Gasteiger partial charge in [-0.1, -0.05) is 36.2 Å². The highest BCUT2D eigenvalue weighted by Gasteiger charge is 2.48. The van der Waals surface area contributed by atoms with Gasteiger partial charge in [0.1, 0.15) is 12.4 Å². The second kappa shape index (κ2) is 11.8. The first-order chi connectivity index (χ1) is 19.1. The van der Waals surface area contributed by atoms with Crippen molar-refractivity contribution in [3.05, 3.63) is 70.5 Å². The van der Waals surface area contributed by atoms with Crippen molar-refractivity contribution < 1.29 is 13.9 Å². The quantitative estimate of drug-likeness (QED) is 0.280.